The average molecular weight is 391 g/mol. The van der Waals surface area contributed by atoms with Gasteiger partial charge in [0.05, 0.1) is 17.3 Å². The molecule has 1 N–H and O–H groups in total. The molecule has 0 spiro atoms. The Morgan fingerprint density at radius 3 is 2.33 bits per heavy atom. The van der Waals surface area contributed by atoms with Crippen molar-refractivity contribution < 1.29 is 9.50 Å². The molecule has 3 nitrogen and oxygen atoms in total. The number of rotatable bonds is 6. The fourth-order valence-electron chi connectivity index (χ4n) is 3.65. The van der Waals surface area contributed by atoms with Crippen LogP contribution in [0, 0.1) is 6.92 Å². The highest BCUT2D eigenvalue weighted by molar-refractivity contribution is 6.35. The predicted octanol–water partition coefficient (Wildman–Crippen LogP) is 4.85. The largest absolute Gasteiger partial charge is 0.395 e. The summed E-state index contributed by atoms with van der Waals surface area (Å²) >= 11 is 6.76. The van der Waals surface area contributed by atoms with Gasteiger partial charge < -0.3 is 10.0 Å². The van der Waals surface area contributed by atoms with E-state index in [1.54, 1.807) is 0 Å². The molecular weight excluding hydrogens is 363 g/mol. The lowest BCUT2D eigenvalue weighted by molar-refractivity contribution is 0.189. The van der Waals surface area contributed by atoms with Crippen LogP contribution in [-0.2, 0) is 0 Å². The summed E-state index contributed by atoms with van der Waals surface area (Å²) in [6.45, 7) is 8.11. The lowest BCUT2D eigenvalue weighted by Gasteiger charge is -2.37. The van der Waals surface area contributed by atoms with E-state index < -0.39 is 6.17 Å². The topological polar surface area (TPSA) is 26.7 Å². The second-order valence-electron chi connectivity index (χ2n) is 7.16. The van der Waals surface area contributed by atoms with Gasteiger partial charge in [0.15, 0.2) is 0 Å². The molecular formula is C22H28ClFN2O. The first-order valence-corrected chi connectivity index (χ1v) is 10.0. The van der Waals surface area contributed by atoms with Crippen molar-refractivity contribution in [1.82, 2.24) is 4.90 Å². The van der Waals surface area contributed by atoms with Crippen LogP contribution in [0.1, 0.15) is 30.6 Å². The molecule has 0 aromatic heterocycles. The van der Waals surface area contributed by atoms with Crippen LogP contribution in [0.3, 0.4) is 0 Å². The summed E-state index contributed by atoms with van der Waals surface area (Å²) in [5, 5.41) is 9.69. The molecule has 0 aliphatic carbocycles. The van der Waals surface area contributed by atoms with Crippen LogP contribution in [0.2, 0.25) is 5.02 Å². The van der Waals surface area contributed by atoms with Gasteiger partial charge in [0.1, 0.15) is 6.17 Å². The number of aliphatic hydroxyl groups excluding tert-OH is 1. The van der Waals surface area contributed by atoms with Crippen LogP contribution in [0.25, 0.3) is 11.1 Å². The molecule has 1 aliphatic heterocycles. The Balaban J connectivity index is 2.01. The molecule has 1 heterocycles. The van der Waals surface area contributed by atoms with Crippen LogP contribution in [-0.4, -0.2) is 49.3 Å². The van der Waals surface area contributed by atoms with E-state index in [4.69, 9.17) is 16.7 Å². The summed E-state index contributed by atoms with van der Waals surface area (Å²) in [4.78, 5) is 4.50. The van der Waals surface area contributed by atoms with Crippen LogP contribution < -0.4 is 4.90 Å². The smallest absolute Gasteiger partial charge is 0.126 e. The van der Waals surface area contributed by atoms with Crippen LogP contribution in [0.15, 0.2) is 36.4 Å². The Kier molecular flexibility index (Phi) is 6.74. The molecule has 1 unspecified atom stereocenters. The molecule has 27 heavy (non-hydrogen) atoms. The van der Waals surface area contributed by atoms with Crippen LogP contribution in [0.4, 0.5) is 10.1 Å². The fraction of sp³-hybridized carbons (Fsp3) is 0.455. The van der Waals surface area contributed by atoms with Crippen molar-refractivity contribution in [3.05, 3.63) is 52.5 Å². The number of aliphatic hydroxyl groups is 1. The van der Waals surface area contributed by atoms with Gasteiger partial charge in [-0.25, -0.2) is 4.39 Å². The lowest BCUT2D eigenvalue weighted by Crippen LogP contribution is -2.47. The number of halogens is 2. The quantitative estimate of drug-likeness (QED) is 0.763. The van der Waals surface area contributed by atoms with E-state index in [1.165, 1.54) is 5.56 Å². The van der Waals surface area contributed by atoms with E-state index >= 15 is 0 Å². The molecule has 1 aliphatic rings. The number of β-amino-alcohol motifs (C(OH)–C–C–N with tert-alkyl or cyclic N) is 1. The number of aryl methyl sites for hydroxylation is 1. The van der Waals surface area contributed by atoms with Crippen LogP contribution >= 0.6 is 11.6 Å². The van der Waals surface area contributed by atoms with Gasteiger partial charge in [-0.3, -0.25) is 4.90 Å². The van der Waals surface area contributed by atoms with E-state index in [0.29, 0.717) is 23.6 Å². The van der Waals surface area contributed by atoms with Gasteiger partial charge in [-0.15, -0.1) is 0 Å². The van der Waals surface area contributed by atoms with Crippen molar-refractivity contribution >= 4 is 17.3 Å². The lowest BCUT2D eigenvalue weighted by atomic mass is 9.97. The Hall–Kier alpha value is -1.62. The number of hydrogen-bond acceptors (Lipinski definition) is 3. The summed E-state index contributed by atoms with van der Waals surface area (Å²) < 4.78 is 14.5. The monoisotopic (exact) mass is 390 g/mol. The Bertz CT molecular complexity index is 758. The van der Waals surface area contributed by atoms with E-state index in [0.717, 1.165) is 43.0 Å². The number of hydrogen-bond donors (Lipinski definition) is 1. The van der Waals surface area contributed by atoms with Gasteiger partial charge in [0, 0.05) is 43.9 Å². The van der Waals surface area contributed by atoms with Gasteiger partial charge in [-0.05, 0) is 18.9 Å². The third-order valence-corrected chi connectivity index (χ3v) is 5.71. The molecule has 0 saturated carbocycles. The van der Waals surface area contributed by atoms with Gasteiger partial charge in [0.2, 0.25) is 0 Å². The second-order valence-corrected chi connectivity index (χ2v) is 7.54. The molecule has 1 atom stereocenters. The molecule has 2 aromatic rings. The first kappa shape index (κ1) is 20.1. The van der Waals surface area contributed by atoms with E-state index in [9.17, 15) is 4.39 Å². The maximum absolute atomic E-state index is 14.5. The maximum Gasteiger partial charge on any atom is 0.126 e. The third-order valence-electron chi connectivity index (χ3n) is 5.31. The minimum Gasteiger partial charge on any atom is -0.395 e. The molecule has 2 aromatic carbocycles. The van der Waals surface area contributed by atoms with E-state index in [-0.39, 0.29) is 6.61 Å². The normalized spacial score (nSPS) is 16.6. The van der Waals surface area contributed by atoms with Crippen LogP contribution in [0.5, 0.6) is 0 Å². The van der Waals surface area contributed by atoms with E-state index in [1.807, 2.05) is 19.1 Å². The number of anilines is 1. The van der Waals surface area contributed by atoms with Crippen molar-refractivity contribution in [1.29, 1.82) is 0 Å². The van der Waals surface area contributed by atoms with Crippen molar-refractivity contribution in [3.63, 3.8) is 0 Å². The highest BCUT2D eigenvalue weighted by Crippen LogP contribution is 2.42. The Morgan fingerprint density at radius 2 is 1.74 bits per heavy atom. The summed E-state index contributed by atoms with van der Waals surface area (Å²) in [5.41, 5.74) is 4.84. The second kappa shape index (κ2) is 9.05. The number of alkyl halides is 1. The molecule has 146 valence electrons. The van der Waals surface area contributed by atoms with Gasteiger partial charge in [0.25, 0.3) is 0 Å². The van der Waals surface area contributed by atoms with Crippen molar-refractivity contribution in [2.75, 3.05) is 44.2 Å². The fourth-order valence-corrected chi connectivity index (χ4v) is 4.06. The zero-order valence-corrected chi connectivity index (χ0v) is 16.8. The van der Waals surface area contributed by atoms with E-state index in [2.05, 4.69) is 41.0 Å². The molecule has 0 amide bonds. The first-order valence-electron chi connectivity index (χ1n) is 9.66. The molecule has 0 bridgehead atoms. The highest BCUT2D eigenvalue weighted by atomic mass is 35.5. The molecule has 5 heteroatoms. The summed E-state index contributed by atoms with van der Waals surface area (Å²) in [6, 6.07) is 12.2. The number of piperazine rings is 1. The summed E-state index contributed by atoms with van der Waals surface area (Å²) in [5.74, 6) is 0. The highest BCUT2D eigenvalue weighted by Gasteiger charge is 2.25. The maximum atomic E-state index is 14.5. The number of nitrogens with zero attached hydrogens (tertiary/aromatic N) is 2. The van der Waals surface area contributed by atoms with Crippen molar-refractivity contribution in [2.45, 2.75) is 26.4 Å². The minimum absolute atomic E-state index is 0.172. The summed E-state index contributed by atoms with van der Waals surface area (Å²) in [7, 11) is 0. The first-order chi connectivity index (χ1) is 13.0. The Labute approximate surface area is 166 Å². The average Bonchev–Trinajstić information content (AvgIpc) is 2.69. The van der Waals surface area contributed by atoms with Crippen molar-refractivity contribution in [3.8, 4) is 11.1 Å². The predicted molar refractivity (Wildman–Crippen MR) is 112 cm³/mol. The van der Waals surface area contributed by atoms with Crippen molar-refractivity contribution in [2.24, 2.45) is 0 Å². The SMILES string of the molecule is CCC(F)c1ccc(-c2ccc(C)cc2)c(N2CCN(CCO)CC2)c1Cl. The zero-order chi connectivity index (χ0) is 19.4. The minimum atomic E-state index is -1.06. The molecule has 3 rings (SSSR count). The van der Waals surface area contributed by atoms with Gasteiger partial charge in [-0.1, -0.05) is 60.5 Å². The van der Waals surface area contributed by atoms with Gasteiger partial charge >= 0.3 is 0 Å². The number of benzene rings is 2. The van der Waals surface area contributed by atoms with Gasteiger partial charge in [-0.2, -0.15) is 0 Å². The zero-order valence-electron chi connectivity index (χ0n) is 16.1. The summed E-state index contributed by atoms with van der Waals surface area (Å²) in [6.07, 6.45) is -0.646. The molecule has 0 radical (unpaired) electrons. The molecule has 1 saturated heterocycles. The third kappa shape index (κ3) is 4.45. The molecule has 1 fully saturated rings. The Morgan fingerprint density at radius 1 is 1.07 bits per heavy atom. The standard InChI is InChI=1S/C22H28ClFN2O/c1-3-20(24)19-9-8-18(17-6-4-16(2)5-7-17)22(21(19)23)26-12-10-25(11-13-26)14-15-27/h4-9,20,27H,3,10-15H2,1-2H3.